The van der Waals surface area contributed by atoms with Crippen molar-refractivity contribution in [3.8, 4) is 0 Å². The minimum Gasteiger partial charge on any atom is -0.461 e. The standard InChI is InChI=1S/C22H26N4O5/c1-4-22(27)31-16-14-25(13-15-30-17(2)3)20-9-5-18(6-10-20)23-24-19-7-11-21(12-8-19)26(28)29/h4-12,17H,1,13-16H2,2-3H3/b24-23+. The van der Waals surface area contributed by atoms with Crippen LogP contribution in [0, 0.1) is 10.1 Å². The van der Waals surface area contributed by atoms with Crippen LogP contribution < -0.4 is 4.90 Å². The van der Waals surface area contributed by atoms with Gasteiger partial charge in [-0.15, -0.1) is 0 Å². The molecule has 0 unspecified atom stereocenters. The van der Waals surface area contributed by atoms with E-state index in [4.69, 9.17) is 9.47 Å². The van der Waals surface area contributed by atoms with Crippen LogP contribution in [-0.4, -0.2) is 43.3 Å². The Balaban J connectivity index is 2.02. The fraction of sp³-hybridized carbons (Fsp3) is 0.318. The molecule has 0 aliphatic rings. The van der Waals surface area contributed by atoms with Gasteiger partial charge in [0.15, 0.2) is 0 Å². The number of carbonyl (C=O) groups is 1. The SMILES string of the molecule is C=CC(=O)OCCN(CCOC(C)C)c1ccc(/N=N/c2ccc([N+](=O)[O-])cc2)cc1. The molecule has 0 amide bonds. The van der Waals surface area contributed by atoms with Crippen LogP contribution in [0.25, 0.3) is 0 Å². The lowest BCUT2D eigenvalue weighted by molar-refractivity contribution is -0.384. The van der Waals surface area contributed by atoms with E-state index in [1.807, 2.05) is 38.1 Å². The van der Waals surface area contributed by atoms with Gasteiger partial charge in [0.25, 0.3) is 5.69 Å². The van der Waals surface area contributed by atoms with Gasteiger partial charge >= 0.3 is 5.97 Å². The molecule has 0 saturated carbocycles. The van der Waals surface area contributed by atoms with E-state index < -0.39 is 10.9 Å². The average molecular weight is 426 g/mol. The number of hydrogen-bond acceptors (Lipinski definition) is 8. The molecule has 0 N–H and O–H groups in total. The molecule has 0 aliphatic heterocycles. The normalized spacial score (nSPS) is 10.9. The van der Waals surface area contributed by atoms with Gasteiger partial charge in [0.1, 0.15) is 6.61 Å². The van der Waals surface area contributed by atoms with Gasteiger partial charge < -0.3 is 14.4 Å². The molecule has 0 fully saturated rings. The molecule has 0 radical (unpaired) electrons. The number of ether oxygens (including phenoxy) is 2. The van der Waals surface area contributed by atoms with Crippen molar-refractivity contribution >= 4 is 28.7 Å². The lowest BCUT2D eigenvalue weighted by Crippen LogP contribution is -2.32. The molecule has 0 aromatic heterocycles. The molecule has 0 heterocycles. The minimum absolute atomic E-state index is 0.00334. The Labute approximate surface area is 181 Å². The lowest BCUT2D eigenvalue weighted by Gasteiger charge is -2.25. The first-order valence-electron chi connectivity index (χ1n) is 9.81. The molecule has 31 heavy (non-hydrogen) atoms. The highest BCUT2D eigenvalue weighted by Crippen LogP contribution is 2.23. The van der Waals surface area contributed by atoms with Crippen LogP contribution in [0.1, 0.15) is 13.8 Å². The van der Waals surface area contributed by atoms with Gasteiger partial charge in [0.2, 0.25) is 0 Å². The second-order valence-corrected chi connectivity index (χ2v) is 6.77. The predicted molar refractivity (Wildman–Crippen MR) is 118 cm³/mol. The molecule has 9 nitrogen and oxygen atoms in total. The zero-order chi connectivity index (χ0) is 22.6. The molecule has 0 spiro atoms. The van der Waals surface area contributed by atoms with Gasteiger partial charge in [-0.05, 0) is 50.2 Å². The molecule has 0 aliphatic carbocycles. The third-order valence-electron chi connectivity index (χ3n) is 4.14. The summed E-state index contributed by atoms with van der Waals surface area (Å²) in [5.41, 5.74) is 2.09. The van der Waals surface area contributed by atoms with Crippen LogP contribution in [0.5, 0.6) is 0 Å². The van der Waals surface area contributed by atoms with E-state index in [0.717, 1.165) is 11.8 Å². The van der Waals surface area contributed by atoms with Gasteiger partial charge in [-0.1, -0.05) is 6.58 Å². The molecule has 0 bridgehead atoms. The summed E-state index contributed by atoms with van der Waals surface area (Å²) in [6.07, 6.45) is 1.26. The average Bonchev–Trinajstić information content (AvgIpc) is 2.77. The number of non-ortho nitro benzene ring substituents is 1. The van der Waals surface area contributed by atoms with Gasteiger partial charge in [0, 0.05) is 30.4 Å². The molecule has 0 saturated heterocycles. The van der Waals surface area contributed by atoms with Crippen molar-refractivity contribution in [2.75, 3.05) is 31.2 Å². The number of rotatable bonds is 12. The van der Waals surface area contributed by atoms with E-state index in [9.17, 15) is 14.9 Å². The Morgan fingerprint density at radius 3 is 2.13 bits per heavy atom. The fourth-order valence-electron chi connectivity index (χ4n) is 2.57. The van der Waals surface area contributed by atoms with E-state index in [2.05, 4.69) is 21.7 Å². The highest BCUT2D eigenvalue weighted by molar-refractivity contribution is 5.81. The topological polar surface area (TPSA) is 107 Å². The highest BCUT2D eigenvalue weighted by Gasteiger charge is 2.09. The van der Waals surface area contributed by atoms with E-state index in [1.54, 1.807) is 0 Å². The first-order valence-corrected chi connectivity index (χ1v) is 9.81. The maximum Gasteiger partial charge on any atom is 0.330 e. The summed E-state index contributed by atoms with van der Waals surface area (Å²) in [6.45, 7) is 9.24. The van der Waals surface area contributed by atoms with E-state index in [1.165, 1.54) is 24.3 Å². The molecule has 164 valence electrons. The Morgan fingerprint density at radius 1 is 1.06 bits per heavy atom. The van der Waals surface area contributed by atoms with Crippen molar-refractivity contribution in [2.45, 2.75) is 20.0 Å². The highest BCUT2D eigenvalue weighted by atomic mass is 16.6. The number of nitro groups is 1. The van der Waals surface area contributed by atoms with Crippen molar-refractivity contribution in [3.05, 3.63) is 71.3 Å². The van der Waals surface area contributed by atoms with Crippen LogP contribution in [0.2, 0.25) is 0 Å². The Kier molecular flexibility index (Phi) is 9.31. The van der Waals surface area contributed by atoms with Crippen LogP contribution in [0.4, 0.5) is 22.7 Å². The van der Waals surface area contributed by atoms with E-state index in [0.29, 0.717) is 31.1 Å². The maximum absolute atomic E-state index is 11.3. The lowest BCUT2D eigenvalue weighted by atomic mass is 10.2. The molecular weight excluding hydrogens is 400 g/mol. The van der Waals surface area contributed by atoms with E-state index in [-0.39, 0.29) is 18.4 Å². The number of nitro benzene ring substituents is 1. The molecule has 2 rings (SSSR count). The number of esters is 1. The second kappa shape index (κ2) is 12.2. The van der Waals surface area contributed by atoms with Crippen molar-refractivity contribution < 1.29 is 19.2 Å². The van der Waals surface area contributed by atoms with Gasteiger partial charge in [0.05, 0.1) is 35.6 Å². The van der Waals surface area contributed by atoms with Crippen LogP contribution in [-0.2, 0) is 14.3 Å². The molecule has 9 heteroatoms. The maximum atomic E-state index is 11.3. The summed E-state index contributed by atoms with van der Waals surface area (Å²) in [7, 11) is 0. The summed E-state index contributed by atoms with van der Waals surface area (Å²) in [5, 5.41) is 19.0. The number of nitrogens with zero attached hydrogens (tertiary/aromatic N) is 4. The Hall–Kier alpha value is -3.59. The molecule has 2 aromatic rings. The number of anilines is 1. The smallest absolute Gasteiger partial charge is 0.330 e. The Bertz CT molecular complexity index is 895. The summed E-state index contributed by atoms with van der Waals surface area (Å²) in [6, 6.07) is 13.3. The summed E-state index contributed by atoms with van der Waals surface area (Å²) in [4.78, 5) is 23.6. The predicted octanol–water partition coefficient (Wildman–Crippen LogP) is 4.97. The number of azo groups is 1. The summed E-state index contributed by atoms with van der Waals surface area (Å²) < 4.78 is 10.7. The van der Waals surface area contributed by atoms with Gasteiger partial charge in [-0.25, -0.2) is 4.79 Å². The Morgan fingerprint density at radius 2 is 1.61 bits per heavy atom. The minimum atomic E-state index is -0.462. The van der Waals surface area contributed by atoms with Crippen molar-refractivity contribution in [2.24, 2.45) is 10.2 Å². The molecule has 0 atom stereocenters. The third-order valence-corrected chi connectivity index (χ3v) is 4.14. The van der Waals surface area contributed by atoms with Crippen LogP contribution in [0.3, 0.4) is 0 Å². The summed E-state index contributed by atoms with van der Waals surface area (Å²) >= 11 is 0. The quantitative estimate of drug-likeness (QED) is 0.156. The first-order chi connectivity index (χ1) is 14.9. The van der Waals surface area contributed by atoms with Crippen molar-refractivity contribution in [1.29, 1.82) is 0 Å². The second-order valence-electron chi connectivity index (χ2n) is 6.77. The number of hydrogen-bond donors (Lipinski definition) is 0. The third kappa shape index (κ3) is 8.35. The molecule has 2 aromatic carbocycles. The van der Waals surface area contributed by atoms with Gasteiger partial charge in [-0.3, -0.25) is 10.1 Å². The zero-order valence-electron chi connectivity index (χ0n) is 17.6. The first kappa shape index (κ1) is 23.7. The largest absolute Gasteiger partial charge is 0.461 e. The van der Waals surface area contributed by atoms with Crippen LogP contribution in [0.15, 0.2) is 71.4 Å². The van der Waals surface area contributed by atoms with Crippen LogP contribution >= 0.6 is 0 Å². The fourth-order valence-corrected chi connectivity index (χ4v) is 2.57. The van der Waals surface area contributed by atoms with Gasteiger partial charge in [-0.2, -0.15) is 10.2 Å². The monoisotopic (exact) mass is 426 g/mol. The van der Waals surface area contributed by atoms with Crippen molar-refractivity contribution in [1.82, 2.24) is 0 Å². The summed E-state index contributed by atoms with van der Waals surface area (Å²) in [5.74, 6) is -0.458. The molecular formula is C22H26N4O5. The zero-order valence-corrected chi connectivity index (χ0v) is 17.6. The number of benzene rings is 2. The number of carbonyl (C=O) groups excluding carboxylic acids is 1. The van der Waals surface area contributed by atoms with E-state index >= 15 is 0 Å². The van der Waals surface area contributed by atoms with Crippen molar-refractivity contribution in [3.63, 3.8) is 0 Å².